The van der Waals surface area contributed by atoms with E-state index in [4.69, 9.17) is 0 Å². The van der Waals surface area contributed by atoms with Gasteiger partial charge in [0, 0.05) is 37.8 Å². The van der Waals surface area contributed by atoms with E-state index < -0.39 is 0 Å². The SMILES string of the molecule is Brc1ccc(I)cc1.Brc1ccc(N2c3ccccc3Sc3ccccc32)cc1.c1ccc2c(c1)Cc1ccccc1S2. The van der Waals surface area contributed by atoms with E-state index in [1.807, 2.05) is 35.7 Å². The van der Waals surface area contributed by atoms with Gasteiger partial charge >= 0.3 is 0 Å². The minimum atomic E-state index is 1.08. The van der Waals surface area contributed by atoms with Crippen molar-refractivity contribution in [3.63, 3.8) is 0 Å². The highest BCUT2D eigenvalue weighted by molar-refractivity contribution is 14.1. The van der Waals surface area contributed by atoms with Crippen molar-refractivity contribution in [3.05, 3.63) is 169 Å². The van der Waals surface area contributed by atoms with Gasteiger partial charge in [0.05, 0.1) is 11.4 Å². The summed E-state index contributed by atoms with van der Waals surface area (Å²) >= 11 is 12.8. The van der Waals surface area contributed by atoms with E-state index in [2.05, 4.69) is 193 Å². The van der Waals surface area contributed by atoms with Crippen LogP contribution in [0.4, 0.5) is 17.1 Å². The predicted molar refractivity (Wildman–Crippen MR) is 200 cm³/mol. The van der Waals surface area contributed by atoms with Crippen LogP contribution in [0.2, 0.25) is 0 Å². The molecule has 0 amide bonds. The minimum Gasteiger partial charge on any atom is -0.308 e. The van der Waals surface area contributed by atoms with Gasteiger partial charge in [-0.3, -0.25) is 0 Å². The number of nitrogens with zero attached hydrogens (tertiary/aromatic N) is 1. The monoisotopic (exact) mass is 833 g/mol. The van der Waals surface area contributed by atoms with Crippen LogP contribution in [-0.2, 0) is 6.42 Å². The van der Waals surface area contributed by atoms with Crippen LogP contribution < -0.4 is 4.90 Å². The first-order chi connectivity index (χ1) is 21.0. The van der Waals surface area contributed by atoms with Gasteiger partial charge in [-0.05, 0) is 125 Å². The summed E-state index contributed by atoms with van der Waals surface area (Å²) in [4.78, 5) is 7.73. The van der Waals surface area contributed by atoms with Gasteiger partial charge in [-0.1, -0.05) is 116 Å². The van der Waals surface area contributed by atoms with Gasteiger partial charge in [-0.2, -0.15) is 0 Å². The Hall–Kier alpha value is -2.49. The maximum Gasteiger partial charge on any atom is 0.0601 e. The quantitative estimate of drug-likeness (QED) is 0.152. The molecule has 8 rings (SSSR count). The molecule has 0 radical (unpaired) electrons. The number of hydrogen-bond donors (Lipinski definition) is 0. The van der Waals surface area contributed by atoms with Crippen LogP contribution in [0.15, 0.2) is 174 Å². The van der Waals surface area contributed by atoms with Crippen LogP contribution in [-0.4, -0.2) is 0 Å². The molecule has 0 N–H and O–H groups in total. The summed E-state index contributed by atoms with van der Waals surface area (Å²) in [5.41, 5.74) is 6.57. The van der Waals surface area contributed by atoms with Crippen molar-refractivity contribution in [3.8, 4) is 0 Å². The van der Waals surface area contributed by atoms with E-state index in [0.29, 0.717) is 0 Å². The largest absolute Gasteiger partial charge is 0.308 e. The van der Waals surface area contributed by atoms with E-state index in [-0.39, 0.29) is 0 Å². The fourth-order valence-corrected chi connectivity index (χ4v) is 7.84. The second-order valence-electron chi connectivity index (χ2n) is 9.78. The molecule has 0 atom stereocenters. The Morgan fingerprint density at radius 1 is 0.465 bits per heavy atom. The van der Waals surface area contributed by atoms with Crippen molar-refractivity contribution >= 4 is 95.0 Å². The molecule has 0 saturated heterocycles. The van der Waals surface area contributed by atoms with Gasteiger partial charge in [0.15, 0.2) is 0 Å². The van der Waals surface area contributed by atoms with Crippen molar-refractivity contribution in [2.24, 2.45) is 0 Å². The van der Waals surface area contributed by atoms with Crippen molar-refractivity contribution in [2.75, 3.05) is 4.90 Å². The average molecular weight is 835 g/mol. The second-order valence-corrected chi connectivity index (χ2v) is 15.0. The highest BCUT2D eigenvalue weighted by atomic mass is 127. The van der Waals surface area contributed by atoms with E-state index in [1.54, 1.807) is 0 Å². The smallest absolute Gasteiger partial charge is 0.0601 e. The molecule has 2 heterocycles. The third kappa shape index (κ3) is 7.60. The van der Waals surface area contributed by atoms with Gasteiger partial charge in [-0.25, -0.2) is 0 Å². The number of anilines is 3. The third-order valence-electron chi connectivity index (χ3n) is 6.87. The molecule has 43 heavy (non-hydrogen) atoms. The molecule has 6 aromatic carbocycles. The van der Waals surface area contributed by atoms with Crippen LogP contribution in [0.3, 0.4) is 0 Å². The number of hydrogen-bond acceptors (Lipinski definition) is 3. The van der Waals surface area contributed by atoms with Crippen molar-refractivity contribution < 1.29 is 0 Å². The Labute approximate surface area is 292 Å². The number of para-hydroxylation sites is 2. The molecular formula is C37H26Br2INS2. The molecule has 6 aromatic rings. The molecule has 0 bridgehead atoms. The van der Waals surface area contributed by atoms with Crippen LogP contribution in [0.25, 0.3) is 0 Å². The van der Waals surface area contributed by atoms with Gasteiger partial charge in [0.1, 0.15) is 0 Å². The lowest BCUT2D eigenvalue weighted by Crippen LogP contribution is -2.14. The standard InChI is InChI=1S/C18H12BrNS.C13H10S.C6H4BrI/c19-13-9-11-14(12-10-13)20-15-5-1-3-7-17(15)21-18-8-4-2-6-16(18)20;1-3-7-12-10(5-1)9-11-6-2-4-8-13(11)14-12;7-5-1-3-6(8)4-2-5/h1-12H;1-8H,9H2;1-4H. The molecule has 212 valence electrons. The number of fused-ring (bicyclic) bond motifs is 4. The Balaban J connectivity index is 0.000000128. The van der Waals surface area contributed by atoms with Crippen LogP contribution >= 0.6 is 78.0 Å². The van der Waals surface area contributed by atoms with Gasteiger partial charge < -0.3 is 4.90 Å². The summed E-state index contributed by atoms with van der Waals surface area (Å²) in [5.74, 6) is 0. The maximum absolute atomic E-state index is 3.51. The highest BCUT2D eigenvalue weighted by Crippen LogP contribution is 2.51. The summed E-state index contributed by atoms with van der Waals surface area (Å²) < 4.78 is 3.50. The second kappa shape index (κ2) is 14.5. The van der Waals surface area contributed by atoms with Gasteiger partial charge in [0.25, 0.3) is 0 Å². The lowest BCUT2D eigenvalue weighted by molar-refractivity contribution is 1.06. The van der Waals surface area contributed by atoms with Crippen molar-refractivity contribution in [2.45, 2.75) is 26.0 Å². The summed E-state index contributed by atoms with van der Waals surface area (Å²) in [5, 5.41) is 0. The molecule has 0 unspecified atom stereocenters. The molecular weight excluding hydrogens is 809 g/mol. The Morgan fingerprint density at radius 3 is 1.35 bits per heavy atom. The highest BCUT2D eigenvalue weighted by Gasteiger charge is 2.23. The normalized spacial score (nSPS) is 12.2. The first-order valence-electron chi connectivity index (χ1n) is 13.7. The topological polar surface area (TPSA) is 3.24 Å². The Bertz CT molecular complexity index is 1690. The maximum atomic E-state index is 3.51. The van der Waals surface area contributed by atoms with Crippen molar-refractivity contribution in [1.29, 1.82) is 0 Å². The zero-order valence-electron chi connectivity index (χ0n) is 23.0. The van der Waals surface area contributed by atoms with Gasteiger partial charge in [-0.15, -0.1) is 0 Å². The molecule has 0 aliphatic carbocycles. The predicted octanol–water partition coefficient (Wildman–Crippen LogP) is 13.2. The van der Waals surface area contributed by atoms with Crippen LogP contribution in [0, 0.1) is 3.57 Å². The molecule has 1 nitrogen and oxygen atoms in total. The van der Waals surface area contributed by atoms with Crippen LogP contribution in [0.5, 0.6) is 0 Å². The number of benzene rings is 6. The molecule has 0 aromatic heterocycles. The van der Waals surface area contributed by atoms with Crippen molar-refractivity contribution in [1.82, 2.24) is 0 Å². The Morgan fingerprint density at radius 2 is 0.860 bits per heavy atom. The summed E-state index contributed by atoms with van der Waals surface area (Å²) in [6.45, 7) is 0. The molecule has 0 fully saturated rings. The van der Waals surface area contributed by atoms with Crippen LogP contribution in [0.1, 0.15) is 11.1 Å². The summed E-state index contributed by atoms with van der Waals surface area (Å²) in [6, 6.07) is 51.1. The number of halogens is 3. The first kappa shape index (κ1) is 30.5. The molecule has 2 aliphatic rings. The number of rotatable bonds is 1. The zero-order valence-corrected chi connectivity index (χ0v) is 29.9. The molecule has 0 spiro atoms. The molecule has 2 aliphatic heterocycles. The van der Waals surface area contributed by atoms with Gasteiger partial charge in [0.2, 0.25) is 0 Å². The summed E-state index contributed by atoms with van der Waals surface area (Å²) in [7, 11) is 0. The molecule has 6 heteroatoms. The lowest BCUT2D eigenvalue weighted by Gasteiger charge is -2.32. The van der Waals surface area contributed by atoms with E-state index >= 15 is 0 Å². The molecule has 0 saturated carbocycles. The average Bonchev–Trinajstić information content (AvgIpc) is 3.05. The summed E-state index contributed by atoms with van der Waals surface area (Å²) in [6.07, 6.45) is 1.08. The zero-order chi connectivity index (χ0) is 29.6. The van der Waals surface area contributed by atoms with E-state index in [9.17, 15) is 0 Å². The fourth-order valence-electron chi connectivity index (χ4n) is 4.83. The van der Waals surface area contributed by atoms with E-state index in [0.717, 1.165) is 15.4 Å². The lowest BCUT2D eigenvalue weighted by atomic mass is 10.0. The van der Waals surface area contributed by atoms with E-state index in [1.165, 1.54) is 51.3 Å². The minimum absolute atomic E-state index is 1.08. The third-order valence-corrected chi connectivity index (χ3v) is 11.0. The fraction of sp³-hybridized carbons (Fsp3) is 0.0270. The Kier molecular flexibility index (Phi) is 10.3. The first-order valence-corrected chi connectivity index (χ1v) is 18.0.